The summed E-state index contributed by atoms with van der Waals surface area (Å²) in [4.78, 5) is 12.0. The smallest absolute Gasteiger partial charge is 0.335 e. The zero-order valence-corrected chi connectivity index (χ0v) is 9.98. The van der Waals surface area contributed by atoms with Crippen molar-refractivity contribution in [2.24, 2.45) is 0 Å². The van der Waals surface area contributed by atoms with Crippen molar-refractivity contribution >= 4 is 17.7 Å². The van der Waals surface area contributed by atoms with Gasteiger partial charge in [0, 0.05) is 10.6 Å². The monoisotopic (exact) mass is 244 g/mol. The van der Waals surface area contributed by atoms with E-state index in [1.807, 2.05) is 36.4 Å². The molecule has 2 aromatic carbocycles. The average Bonchev–Trinajstić information content (AvgIpc) is 2.38. The van der Waals surface area contributed by atoms with Crippen LogP contribution in [0.15, 0.2) is 59.5 Å². The predicted molar refractivity (Wildman–Crippen MR) is 69.4 cm³/mol. The van der Waals surface area contributed by atoms with Gasteiger partial charge in [0.2, 0.25) is 0 Å². The van der Waals surface area contributed by atoms with Gasteiger partial charge in [-0.15, -0.1) is 11.8 Å². The Labute approximate surface area is 104 Å². The van der Waals surface area contributed by atoms with Crippen LogP contribution in [-0.4, -0.2) is 11.1 Å². The maximum absolute atomic E-state index is 10.8. The standard InChI is InChI=1S/C14H12O2S/c15-14(16)12-6-4-5-11(9-12)10-17-13-7-2-1-3-8-13/h1-9H,10H2,(H,15,16). The number of aromatic carboxylic acids is 1. The summed E-state index contributed by atoms with van der Waals surface area (Å²) in [6, 6.07) is 17.1. The molecule has 0 atom stereocenters. The first-order chi connectivity index (χ1) is 8.25. The van der Waals surface area contributed by atoms with Gasteiger partial charge < -0.3 is 5.11 Å². The van der Waals surface area contributed by atoms with E-state index in [9.17, 15) is 4.79 Å². The lowest BCUT2D eigenvalue weighted by molar-refractivity contribution is 0.0697. The zero-order valence-electron chi connectivity index (χ0n) is 9.17. The molecule has 0 heterocycles. The van der Waals surface area contributed by atoms with Crippen LogP contribution in [0.25, 0.3) is 0 Å². The lowest BCUT2D eigenvalue weighted by atomic mass is 10.1. The SMILES string of the molecule is O=C(O)c1cccc(CSc2ccccc2)c1. The molecular formula is C14H12O2S. The van der Waals surface area contributed by atoms with Gasteiger partial charge in [0.1, 0.15) is 0 Å². The third-order valence-electron chi connectivity index (χ3n) is 2.32. The quantitative estimate of drug-likeness (QED) is 0.834. The Morgan fingerprint density at radius 1 is 1.06 bits per heavy atom. The molecule has 0 saturated heterocycles. The number of thioether (sulfide) groups is 1. The van der Waals surface area contributed by atoms with E-state index in [1.54, 1.807) is 30.0 Å². The Morgan fingerprint density at radius 3 is 2.53 bits per heavy atom. The molecule has 86 valence electrons. The Bertz CT molecular complexity index is 509. The molecule has 0 bridgehead atoms. The largest absolute Gasteiger partial charge is 0.478 e. The third kappa shape index (κ3) is 3.36. The molecule has 0 aliphatic heterocycles. The van der Waals surface area contributed by atoms with Crippen LogP contribution in [0, 0.1) is 0 Å². The van der Waals surface area contributed by atoms with E-state index in [0.29, 0.717) is 5.56 Å². The van der Waals surface area contributed by atoms with Crippen LogP contribution in [-0.2, 0) is 5.75 Å². The van der Waals surface area contributed by atoms with Crippen molar-refractivity contribution < 1.29 is 9.90 Å². The van der Waals surface area contributed by atoms with Gasteiger partial charge in [0.05, 0.1) is 5.56 Å². The van der Waals surface area contributed by atoms with E-state index in [-0.39, 0.29) is 0 Å². The molecule has 2 rings (SSSR count). The molecule has 1 N–H and O–H groups in total. The van der Waals surface area contributed by atoms with Crippen LogP contribution in [0.2, 0.25) is 0 Å². The minimum atomic E-state index is -0.878. The van der Waals surface area contributed by atoms with Crippen molar-refractivity contribution in [1.82, 2.24) is 0 Å². The Kier molecular flexibility index (Phi) is 3.83. The molecule has 2 nitrogen and oxygen atoms in total. The van der Waals surface area contributed by atoms with Gasteiger partial charge in [-0.05, 0) is 29.8 Å². The fourth-order valence-corrected chi connectivity index (χ4v) is 2.34. The van der Waals surface area contributed by atoms with Crippen molar-refractivity contribution in [2.75, 3.05) is 0 Å². The molecular weight excluding hydrogens is 232 g/mol. The molecule has 3 heteroatoms. The molecule has 17 heavy (non-hydrogen) atoms. The van der Waals surface area contributed by atoms with E-state index in [0.717, 1.165) is 11.3 Å². The Hall–Kier alpha value is -1.74. The van der Waals surface area contributed by atoms with Gasteiger partial charge in [-0.1, -0.05) is 30.3 Å². The summed E-state index contributed by atoms with van der Waals surface area (Å²) in [5.41, 5.74) is 1.37. The van der Waals surface area contributed by atoms with Gasteiger partial charge in [0.15, 0.2) is 0 Å². The summed E-state index contributed by atoms with van der Waals surface area (Å²) in [5, 5.41) is 8.89. The van der Waals surface area contributed by atoms with E-state index in [2.05, 4.69) is 0 Å². The fraction of sp³-hybridized carbons (Fsp3) is 0.0714. The summed E-state index contributed by atoms with van der Waals surface area (Å²) in [7, 11) is 0. The molecule has 0 unspecified atom stereocenters. The number of hydrogen-bond donors (Lipinski definition) is 1. The van der Waals surface area contributed by atoms with Crippen LogP contribution >= 0.6 is 11.8 Å². The van der Waals surface area contributed by atoms with E-state index in [1.165, 1.54) is 4.90 Å². The highest BCUT2D eigenvalue weighted by Gasteiger charge is 2.03. The summed E-state index contributed by atoms with van der Waals surface area (Å²) in [5.74, 6) is -0.0953. The third-order valence-corrected chi connectivity index (χ3v) is 3.41. The van der Waals surface area contributed by atoms with Crippen LogP contribution in [0.3, 0.4) is 0 Å². The number of carboxylic acid groups (broad SMARTS) is 1. The van der Waals surface area contributed by atoms with Gasteiger partial charge in [-0.2, -0.15) is 0 Å². The number of hydrogen-bond acceptors (Lipinski definition) is 2. The fourth-order valence-electron chi connectivity index (χ4n) is 1.48. The van der Waals surface area contributed by atoms with Crippen molar-refractivity contribution in [3.8, 4) is 0 Å². The molecule has 2 aromatic rings. The number of rotatable bonds is 4. The number of carbonyl (C=O) groups is 1. The first-order valence-electron chi connectivity index (χ1n) is 5.26. The molecule has 0 aromatic heterocycles. The highest BCUT2D eigenvalue weighted by atomic mass is 32.2. The summed E-state index contributed by atoms with van der Waals surface area (Å²) < 4.78 is 0. The van der Waals surface area contributed by atoms with Gasteiger partial charge in [-0.3, -0.25) is 0 Å². The first-order valence-corrected chi connectivity index (χ1v) is 6.24. The molecule has 0 fully saturated rings. The van der Waals surface area contributed by atoms with Gasteiger partial charge in [-0.25, -0.2) is 4.79 Å². The van der Waals surface area contributed by atoms with Crippen LogP contribution in [0.4, 0.5) is 0 Å². The van der Waals surface area contributed by atoms with Crippen LogP contribution in [0.1, 0.15) is 15.9 Å². The molecule has 0 aliphatic rings. The topological polar surface area (TPSA) is 37.3 Å². The number of benzene rings is 2. The second-order valence-electron chi connectivity index (χ2n) is 3.61. The molecule has 0 radical (unpaired) electrons. The van der Waals surface area contributed by atoms with Gasteiger partial charge in [0.25, 0.3) is 0 Å². The van der Waals surface area contributed by atoms with Crippen LogP contribution in [0.5, 0.6) is 0 Å². The molecule has 0 aliphatic carbocycles. The van der Waals surface area contributed by atoms with E-state index >= 15 is 0 Å². The highest BCUT2D eigenvalue weighted by Crippen LogP contribution is 2.22. The second kappa shape index (κ2) is 5.55. The van der Waals surface area contributed by atoms with Crippen molar-refractivity contribution in [1.29, 1.82) is 0 Å². The average molecular weight is 244 g/mol. The van der Waals surface area contributed by atoms with E-state index in [4.69, 9.17) is 5.11 Å². The molecule has 0 amide bonds. The second-order valence-corrected chi connectivity index (χ2v) is 4.66. The summed E-state index contributed by atoms with van der Waals surface area (Å²) in [6.07, 6.45) is 0. The Morgan fingerprint density at radius 2 is 1.82 bits per heavy atom. The van der Waals surface area contributed by atoms with Crippen molar-refractivity contribution in [3.63, 3.8) is 0 Å². The lowest BCUT2D eigenvalue weighted by Crippen LogP contribution is -1.96. The predicted octanol–water partition coefficient (Wildman–Crippen LogP) is 3.68. The Balaban J connectivity index is 2.04. The lowest BCUT2D eigenvalue weighted by Gasteiger charge is -2.03. The molecule has 0 spiro atoms. The maximum atomic E-state index is 10.8. The van der Waals surface area contributed by atoms with Crippen molar-refractivity contribution in [2.45, 2.75) is 10.6 Å². The summed E-state index contributed by atoms with van der Waals surface area (Å²) in [6.45, 7) is 0. The summed E-state index contributed by atoms with van der Waals surface area (Å²) >= 11 is 1.70. The van der Waals surface area contributed by atoms with E-state index < -0.39 is 5.97 Å². The first kappa shape index (κ1) is 11.7. The normalized spacial score (nSPS) is 10.1. The zero-order chi connectivity index (χ0) is 12.1. The minimum Gasteiger partial charge on any atom is -0.478 e. The minimum absolute atomic E-state index is 0.344. The van der Waals surface area contributed by atoms with Gasteiger partial charge >= 0.3 is 5.97 Å². The van der Waals surface area contributed by atoms with Crippen LogP contribution < -0.4 is 0 Å². The maximum Gasteiger partial charge on any atom is 0.335 e. The highest BCUT2D eigenvalue weighted by molar-refractivity contribution is 7.98. The number of carboxylic acids is 1. The molecule has 0 saturated carbocycles. The van der Waals surface area contributed by atoms with Crippen molar-refractivity contribution in [3.05, 3.63) is 65.7 Å².